The summed E-state index contributed by atoms with van der Waals surface area (Å²) in [6.07, 6.45) is 3.01. The van der Waals surface area contributed by atoms with Crippen molar-refractivity contribution in [3.63, 3.8) is 0 Å². The van der Waals surface area contributed by atoms with Gasteiger partial charge in [0.15, 0.2) is 0 Å². The number of anilines is 2. The minimum atomic E-state index is -0.614. The van der Waals surface area contributed by atoms with E-state index in [0.717, 1.165) is 35.8 Å². The molecule has 0 spiro atoms. The molecule has 0 bridgehead atoms. The van der Waals surface area contributed by atoms with E-state index in [9.17, 15) is 14.4 Å². The van der Waals surface area contributed by atoms with Gasteiger partial charge in [0, 0.05) is 23.6 Å². The predicted octanol–water partition coefficient (Wildman–Crippen LogP) is 6.44. The molecule has 0 unspecified atom stereocenters. The third-order valence-electron chi connectivity index (χ3n) is 6.74. The van der Waals surface area contributed by atoms with E-state index in [-0.39, 0.29) is 5.69 Å². The van der Waals surface area contributed by atoms with E-state index in [1.165, 1.54) is 18.1 Å². The summed E-state index contributed by atoms with van der Waals surface area (Å²) in [7, 11) is 0. The number of nitrogens with one attached hydrogen (secondary N) is 2. The fourth-order valence-electron chi connectivity index (χ4n) is 5.12. The standard InChI is InChI=1S/C30H28N2O5/c1-16-8-5-6-11-23(16)26-24-14-20-9-7-10-21(20)15-25(24)37-29(34)27(26)32-30(35)31-22-12-17(2)28(18(3)13-22)36-19(4)33/h5-6,8,11-15H,7,9-10H2,1-4H3,(H2,31,32,35). The van der Waals surface area contributed by atoms with Crippen LogP contribution in [0, 0.1) is 20.8 Å². The predicted molar refractivity (Wildman–Crippen MR) is 145 cm³/mol. The number of hydrogen-bond donors (Lipinski definition) is 2. The molecule has 37 heavy (non-hydrogen) atoms. The first kappa shape index (κ1) is 24.3. The van der Waals surface area contributed by atoms with Gasteiger partial charge < -0.3 is 19.8 Å². The topological polar surface area (TPSA) is 97.6 Å². The summed E-state index contributed by atoms with van der Waals surface area (Å²) >= 11 is 0. The molecule has 7 heteroatoms. The number of aryl methyl sites for hydroxylation is 5. The van der Waals surface area contributed by atoms with Crippen molar-refractivity contribution in [2.24, 2.45) is 0 Å². The molecule has 0 aliphatic heterocycles. The Labute approximate surface area is 214 Å². The summed E-state index contributed by atoms with van der Waals surface area (Å²) in [4.78, 5) is 37.8. The number of benzene rings is 3. The summed E-state index contributed by atoms with van der Waals surface area (Å²) in [6.45, 7) is 6.90. The number of esters is 1. The summed E-state index contributed by atoms with van der Waals surface area (Å²) in [6, 6.07) is 14.7. The molecule has 5 rings (SSSR count). The van der Waals surface area contributed by atoms with Crippen LogP contribution in [-0.4, -0.2) is 12.0 Å². The Bertz CT molecular complexity index is 1610. The van der Waals surface area contributed by atoms with Crippen LogP contribution < -0.4 is 21.0 Å². The van der Waals surface area contributed by atoms with Crippen LogP contribution in [0.2, 0.25) is 0 Å². The minimum Gasteiger partial charge on any atom is -0.426 e. The van der Waals surface area contributed by atoms with Crippen molar-refractivity contribution in [3.05, 3.63) is 86.8 Å². The Hall–Kier alpha value is -4.39. The van der Waals surface area contributed by atoms with Crippen LogP contribution in [0.1, 0.15) is 41.2 Å². The molecular weight excluding hydrogens is 468 g/mol. The lowest BCUT2D eigenvalue weighted by Gasteiger charge is -2.17. The number of ether oxygens (including phenoxy) is 1. The Balaban J connectivity index is 1.56. The summed E-state index contributed by atoms with van der Waals surface area (Å²) in [5, 5.41) is 6.34. The SMILES string of the molecule is CC(=O)Oc1c(C)cc(NC(=O)Nc2c(-c3ccccc3C)c3cc4c(cc3oc2=O)CCC4)cc1C. The zero-order valence-corrected chi connectivity index (χ0v) is 21.3. The van der Waals surface area contributed by atoms with Gasteiger partial charge in [-0.3, -0.25) is 4.79 Å². The van der Waals surface area contributed by atoms with Crippen molar-refractivity contribution in [3.8, 4) is 16.9 Å². The van der Waals surface area contributed by atoms with Crippen molar-refractivity contribution in [1.29, 1.82) is 0 Å². The van der Waals surface area contributed by atoms with Crippen molar-refractivity contribution in [1.82, 2.24) is 0 Å². The Morgan fingerprint density at radius 3 is 2.24 bits per heavy atom. The highest BCUT2D eigenvalue weighted by atomic mass is 16.5. The molecule has 0 saturated heterocycles. The number of amides is 2. The monoisotopic (exact) mass is 496 g/mol. The van der Waals surface area contributed by atoms with E-state index in [0.29, 0.717) is 33.7 Å². The van der Waals surface area contributed by atoms with Gasteiger partial charge >= 0.3 is 17.6 Å². The van der Waals surface area contributed by atoms with Crippen LogP contribution in [0.25, 0.3) is 22.1 Å². The number of carbonyl (C=O) groups is 2. The van der Waals surface area contributed by atoms with E-state index < -0.39 is 17.6 Å². The van der Waals surface area contributed by atoms with Gasteiger partial charge in [-0.05, 0) is 97.7 Å². The third-order valence-corrected chi connectivity index (χ3v) is 6.74. The first-order chi connectivity index (χ1) is 17.7. The van der Waals surface area contributed by atoms with Crippen LogP contribution in [0.15, 0.2) is 57.7 Å². The highest BCUT2D eigenvalue weighted by Gasteiger charge is 2.22. The zero-order valence-electron chi connectivity index (χ0n) is 21.3. The fourth-order valence-corrected chi connectivity index (χ4v) is 5.12. The summed E-state index contributed by atoms with van der Waals surface area (Å²) < 4.78 is 11.0. The van der Waals surface area contributed by atoms with Crippen LogP contribution in [0.3, 0.4) is 0 Å². The molecule has 1 aromatic heterocycles. The van der Waals surface area contributed by atoms with Gasteiger partial charge in [-0.2, -0.15) is 0 Å². The van der Waals surface area contributed by atoms with Gasteiger partial charge in [0.1, 0.15) is 17.0 Å². The van der Waals surface area contributed by atoms with Crippen molar-refractivity contribution in [2.45, 2.75) is 47.0 Å². The van der Waals surface area contributed by atoms with E-state index >= 15 is 0 Å². The Kier molecular flexibility index (Phi) is 6.29. The lowest BCUT2D eigenvalue weighted by atomic mass is 9.94. The summed E-state index contributed by atoms with van der Waals surface area (Å²) in [5.74, 6) is 0.0464. The molecule has 1 aliphatic carbocycles. The van der Waals surface area contributed by atoms with E-state index in [2.05, 4.69) is 16.7 Å². The lowest BCUT2D eigenvalue weighted by Crippen LogP contribution is -2.24. The normalized spacial score (nSPS) is 12.3. The highest BCUT2D eigenvalue weighted by Crippen LogP contribution is 2.38. The number of hydrogen-bond acceptors (Lipinski definition) is 5. The van der Waals surface area contributed by atoms with Gasteiger partial charge in [-0.15, -0.1) is 0 Å². The smallest absolute Gasteiger partial charge is 0.360 e. The average molecular weight is 497 g/mol. The van der Waals surface area contributed by atoms with E-state index in [4.69, 9.17) is 9.15 Å². The zero-order chi connectivity index (χ0) is 26.3. The van der Waals surface area contributed by atoms with E-state index in [1.807, 2.05) is 37.3 Å². The quantitative estimate of drug-likeness (QED) is 0.192. The number of carbonyl (C=O) groups excluding carboxylic acids is 2. The van der Waals surface area contributed by atoms with Gasteiger partial charge in [-0.1, -0.05) is 24.3 Å². The molecule has 0 saturated carbocycles. The first-order valence-electron chi connectivity index (χ1n) is 12.3. The molecule has 4 aromatic rings. The molecule has 2 N–H and O–H groups in total. The van der Waals surface area contributed by atoms with Crippen LogP contribution in [-0.2, 0) is 17.6 Å². The molecule has 0 atom stereocenters. The number of urea groups is 1. The molecule has 0 radical (unpaired) electrons. The van der Waals surface area contributed by atoms with Gasteiger partial charge in [0.05, 0.1) is 0 Å². The van der Waals surface area contributed by atoms with Crippen molar-refractivity contribution < 1.29 is 18.7 Å². The molecule has 1 heterocycles. The summed E-state index contributed by atoms with van der Waals surface area (Å²) in [5.41, 5.74) is 6.81. The van der Waals surface area contributed by atoms with Gasteiger partial charge in [-0.25, -0.2) is 9.59 Å². The maximum atomic E-state index is 13.2. The molecule has 2 amide bonds. The van der Waals surface area contributed by atoms with Crippen LogP contribution in [0.4, 0.5) is 16.2 Å². The van der Waals surface area contributed by atoms with Crippen LogP contribution in [0.5, 0.6) is 5.75 Å². The number of rotatable bonds is 4. The average Bonchev–Trinajstić information content (AvgIpc) is 3.28. The number of fused-ring (bicyclic) bond motifs is 2. The van der Waals surface area contributed by atoms with Gasteiger partial charge in [0.25, 0.3) is 0 Å². The molecular formula is C30H28N2O5. The maximum absolute atomic E-state index is 13.2. The second kappa shape index (κ2) is 9.58. The third kappa shape index (κ3) is 4.72. The second-order valence-electron chi connectivity index (χ2n) is 9.54. The second-order valence-corrected chi connectivity index (χ2v) is 9.54. The Morgan fingerprint density at radius 1 is 0.892 bits per heavy atom. The minimum absolute atomic E-state index is 0.0854. The van der Waals surface area contributed by atoms with Crippen molar-refractivity contribution in [2.75, 3.05) is 10.6 Å². The first-order valence-corrected chi connectivity index (χ1v) is 12.3. The van der Waals surface area contributed by atoms with Crippen LogP contribution >= 0.6 is 0 Å². The molecule has 0 fully saturated rings. The molecule has 1 aliphatic rings. The molecule has 3 aromatic carbocycles. The molecule has 188 valence electrons. The fraction of sp³-hybridized carbons (Fsp3) is 0.233. The Morgan fingerprint density at radius 2 is 1.57 bits per heavy atom. The maximum Gasteiger partial charge on any atom is 0.360 e. The largest absolute Gasteiger partial charge is 0.426 e. The lowest BCUT2D eigenvalue weighted by molar-refractivity contribution is -0.131. The van der Waals surface area contributed by atoms with Gasteiger partial charge in [0.2, 0.25) is 0 Å². The van der Waals surface area contributed by atoms with E-state index in [1.54, 1.807) is 26.0 Å². The highest BCUT2D eigenvalue weighted by molar-refractivity contribution is 6.07. The molecule has 7 nitrogen and oxygen atoms in total. The van der Waals surface area contributed by atoms with Crippen molar-refractivity contribution >= 4 is 34.3 Å².